The Hall–Kier alpha value is -1.58. The molecule has 9 heteroatoms. The maximum Gasteiger partial charge on any atom is 0.573 e. The average Bonchev–Trinajstić information content (AvgIpc) is 2.53. The summed E-state index contributed by atoms with van der Waals surface area (Å²) >= 11 is 5.51. The van der Waals surface area contributed by atoms with Crippen molar-refractivity contribution in [1.29, 1.82) is 0 Å². The topological polar surface area (TPSA) is 31.0 Å². The first-order valence-corrected chi connectivity index (χ1v) is 9.19. The van der Waals surface area contributed by atoms with Crippen molar-refractivity contribution in [1.82, 2.24) is 14.7 Å². The van der Waals surface area contributed by atoms with Crippen LogP contribution in [0.2, 0.25) is 0 Å². The van der Waals surface area contributed by atoms with Crippen LogP contribution in [0.3, 0.4) is 0 Å². The highest BCUT2D eigenvalue weighted by molar-refractivity contribution is 7.80. The van der Waals surface area contributed by atoms with Crippen LogP contribution >= 0.6 is 12.2 Å². The van der Waals surface area contributed by atoms with Crippen LogP contribution in [0, 0.1) is 0 Å². The first kappa shape index (κ1) is 23.5. The van der Waals surface area contributed by atoms with Crippen molar-refractivity contribution in [3.8, 4) is 5.75 Å². The molecule has 0 bridgehead atoms. The normalized spacial score (nSPS) is 11.7. The molecule has 1 aromatic rings. The Morgan fingerprint density at radius 1 is 0.926 bits per heavy atom. The van der Waals surface area contributed by atoms with E-state index in [1.807, 2.05) is 28.2 Å². The van der Waals surface area contributed by atoms with E-state index in [-0.39, 0.29) is 5.75 Å². The van der Waals surface area contributed by atoms with Gasteiger partial charge in [-0.05, 0) is 90.6 Å². The third kappa shape index (κ3) is 11.0. The monoisotopic (exact) mass is 406 g/mol. The minimum absolute atomic E-state index is 0.257. The number of anilines is 1. The summed E-state index contributed by atoms with van der Waals surface area (Å²) < 4.78 is 40.6. The fourth-order valence-corrected chi connectivity index (χ4v) is 2.71. The molecule has 0 aliphatic rings. The van der Waals surface area contributed by atoms with Crippen molar-refractivity contribution in [2.24, 2.45) is 0 Å². The second-order valence-electron chi connectivity index (χ2n) is 6.80. The van der Waals surface area contributed by atoms with Crippen molar-refractivity contribution < 1.29 is 17.9 Å². The number of nitrogens with zero attached hydrogens (tertiary/aromatic N) is 3. The number of hydrogen-bond acceptors (Lipinski definition) is 4. The molecule has 0 unspecified atom stereocenters. The lowest BCUT2D eigenvalue weighted by Crippen LogP contribution is -2.38. The van der Waals surface area contributed by atoms with Gasteiger partial charge in [0.1, 0.15) is 5.75 Å². The highest BCUT2D eigenvalue weighted by atomic mass is 32.1. The molecule has 0 aliphatic heterocycles. The van der Waals surface area contributed by atoms with E-state index >= 15 is 0 Å². The number of rotatable bonds is 10. The fraction of sp³-hybridized carbons (Fsp3) is 0.611. The Balaban J connectivity index is 2.64. The molecular weight excluding hydrogens is 377 g/mol. The van der Waals surface area contributed by atoms with Gasteiger partial charge in [-0.2, -0.15) is 0 Å². The summed E-state index contributed by atoms with van der Waals surface area (Å²) in [4.78, 5) is 6.34. The minimum atomic E-state index is -4.69. The van der Waals surface area contributed by atoms with Crippen LogP contribution in [-0.4, -0.2) is 80.5 Å². The number of halogens is 3. The molecule has 154 valence electrons. The van der Waals surface area contributed by atoms with E-state index in [0.717, 1.165) is 39.0 Å². The number of hydrogen-bond donors (Lipinski definition) is 1. The zero-order chi connectivity index (χ0) is 20.4. The van der Waals surface area contributed by atoms with Gasteiger partial charge in [-0.1, -0.05) is 0 Å². The summed E-state index contributed by atoms with van der Waals surface area (Å²) in [7, 11) is 8.10. The molecule has 0 aliphatic carbocycles. The molecule has 1 rings (SSSR count). The number of alkyl halides is 3. The van der Waals surface area contributed by atoms with Crippen molar-refractivity contribution in [3.63, 3.8) is 0 Å². The highest BCUT2D eigenvalue weighted by Gasteiger charge is 2.30. The molecule has 27 heavy (non-hydrogen) atoms. The smallest absolute Gasteiger partial charge is 0.406 e. The van der Waals surface area contributed by atoms with Gasteiger partial charge in [0.05, 0.1) is 0 Å². The molecular formula is C18H29F3N4OS. The lowest BCUT2D eigenvalue weighted by atomic mass is 10.3. The van der Waals surface area contributed by atoms with Crippen LogP contribution in [0.15, 0.2) is 24.3 Å². The van der Waals surface area contributed by atoms with Gasteiger partial charge >= 0.3 is 6.36 Å². The van der Waals surface area contributed by atoms with Gasteiger partial charge in [-0.15, -0.1) is 13.2 Å². The molecule has 1 aromatic carbocycles. The molecule has 0 saturated carbocycles. The average molecular weight is 407 g/mol. The summed E-state index contributed by atoms with van der Waals surface area (Å²) in [5.74, 6) is -0.257. The quantitative estimate of drug-likeness (QED) is 0.599. The predicted molar refractivity (Wildman–Crippen MR) is 107 cm³/mol. The molecule has 0 heterocycles. The molecule has 0 spiro atoms. The van der Waals surface area contributed by atoms with Crippen LogP contribution < -0.4 is 10.1 Å². The Morgan fingerprint density at radius 3 is 1.81 bits per heavy atom. The van der Waals surface area contributed by atoms with Gasteiger partial charge in [0.25, 0.3) is 0 Å². The Morgan fingerprint density at radius 2 is 1.41 bits per heavy atom. The van der Waals surface area contributed by atoms with Crippen molar-refractivity contribution >= 4 is 23.0 Å². The number of thiocarbonyl (C=S) groups is 1. The predicted octanol–water partition coefficient (Wildman–Crippen LogP) is 3.49. The SMILES string of the molecule is CN(C)CCCN(CCCN(C)C)C(=S)Nc1ccc(OC(F)(F)F)cc1. The van der Waals surface area contributed by atoms with E-state index in [4.69, 9.17) is 12.2 Å². The van der Waals surface area contributed by atoms with E-state index in [9.17, 15) is 13.2 Å². The third-order valence-corrected chi connectivity index (χ3v) is 4.05. The summed E-state index contributed by atoms with van der Waals surface area (Å²) in [6.45, 7) is 3.53. The molecule has 0 fully saturated rings. The van der Waals surface area contributed by atoms with E-state index in [2.05, 4.69) is 24.8 Å². The second-order valence-corrected chi connectivity index (χ2v) is 7.19. The van der Waals surface area contributed by atoms with Crippen molar-refractivity contribution in [2.45, 2.75) is 19.2 Å². The van der Waals surface area contributed by atoms with Crippen LogP contribution in [0.1, 0.15) is 12.8 Å². The van der Waals surface area contributed by atoms with E-state index < -0.39 is 6.36 Å². The Labute approximate surface area is 165 Å². The Bertz CT molecular complexity index is 551. The van der Waals surface area contributed by atoms with E-state index in [0.29, 0.717) is 10.8 Å². The maximum atomic E-state index is 12.2. The van der Waals surface area contributed by atoms with E-state index in [1.54, 1.807) is 0 Å². The Kier molecular flexibility index (Phi) is 9.82. The molecule has 0 saturated heterocycles. The molecule has 0 radical (unpaired) electrons. The molecule has 0 atom stereocenters. The maximum absolute atomic E-state index is 12.2. The van der Waals surface area contributed by atoms with Gasteiger partial charge < -0.3 is 24.8 Å². The zero-order valence-corrected chi connectivity index (χ0v) is 17.2. The second kappa shape index (κ2) is 11.3. The largest absolute Gasteiger partial charge is 0.573 e. The molecule has 0 amide bonds. The third-order valence-electron chi connectivity index (χ3n) is 3.69. The van der Waals surface area contributed by atoms with Gasteiger partial charge in [-0.25, -0.2) is 0 Å². The van der Waals surface area contributed by atoms with Crippen LogP contribution in [0.25, 0.3) is 0 Å². The standard InChI is InChI=1S/C18H29F3N4OS/c1-23(2)11-5-13-25(14-6-12-24(3)4)17(27)22-15-7-9-16(10-8-15)26-18(19,20)21/h7-10H,5-6,11-14H2,1-4H3,(H,22,27). The molecule has 1 N–H and O–H groups in total. The van der Waals surface area contributed by atoms with Gasteiger partial charge in [0.15, 0.2) is 5.11 Å². The zero-order valence-electron chi connectivity index (χ0n) is 16.3. The minimum Gasteiger partial charge on any atom is -0.406 e. The summed E-state index contributed by atoms with van der Waals surface area (Å²) in [5.41, 5.74) is 0.625. The summed E-state index contributed by atoms with van der Waals surface area (Å²) in [5, 5.41) is 3.67. The van der Waals surface area contributed by atoms with Gasteiger partial charge in [0, 0.05) is 18.8 Å². The number of benzene rings is 1. The van der Waals surface area contributed by atoms with Crippen LogP contribution in [0.4, 0.5) is 18.9 Å². The van der Waals surface area contributed by atoms with E-state index in [1.165, 1.54) is 24.3 Å². The molecule has 0 aromatic heterocycles. The van der Waals surface area contributed by atoms with Crippen molar-refractivity contribution in [2.75, 3.05) is 59.7 Å². The summed E-state index contributed by atoms with van der Waals surface area (Å²) in [6, 6.07) is 5.57. The molecule has 5 nitrogen and oxygen atoms in total. The first-order valence-electron chi connectivity index (χ1n) is 8.78. The van der Waals surface area contributed by atoms with Crippen LogP contribution in [-0.2, 0) is 0 Å². The van der Waals surface area contributed by atoms with Gasteiger partial charge in [-0.3, -0.25) is 0 Å². The number of nitrogens with one attached hydrogen (secondary N) is 1. The lowest BCUT2D eigenvalue weighted by Gasteiger charge is -2.27. The highest BCUT2D eigenvalue weighted by Crippen LogP contribution is 2.24. The van der Waals surface area contributed by atoms with Crippen LogP contribution in [0.5, 0.6) is 5.75 Å². The number of ether oxygens (including phenoxy) is 1. The van der Waals surface area contributed by atoms with Gasteiger partial charge in [0.2, 0.25) is 0 Å². The summed E-state index contributed by atoms with van der Waals surface area (Å²) in [6.07, 6.45) is -2.76. The lowest BCUT2D eigenvalue weighted by molar-refractivity contribution is -0.274. The van der Waals surface area contributed by atoms with Crippen molar-refractivity contribution in [3.05, 3.63) is 24.3 Å². The first-order chi connectivity index (χ1) is 12.6. The fourth-order valence-electron chi connectivity index (χ4n) is 2.41.